The number of carboxylic acid groups (broad SMARTS) is 1. The molecule has 32 heavy (non-hydrogen) atoms. The number of hydrogen-bond donors (Lipinski definition) is 5. The Labute approximate surface area is 213 Å². The Kier molecular flexibility index (Phi) is 8.62. The fourth-order valence-corrected chi connectivity index (χ4v) is 5.41. The number of nitrogens with one attached hydrogen (secondary N) is 2. The molecule has 0 aliphatic carbocycles. The maximum atomic E-state index is 12.3. The Balaban J connectivity index is 0.000000594. The van der Waals surface area contributed by atoms with Crippen LogP contribution in [0.3, 0.4) is 0 Å². The van der Waals surface area contributed by atoms with Gasteiger partial charge >= 0.3 is 35.5 Å². The SMILES string of the molecule is CC1(C)S[C@@H]2[C@H](NC(=O)[C@H](N)c3ccc(O)cc3)C(=O)N2[C@H]1C(=O)O.O=C1CCCN1.[H-].[Na+]. The van der Waals surface area contributed by atoms with Crippen LogP contribution in [-0.4, -0.2) is 67.6 Å². The van der Waals surface area contributed by atoms with Crippen LogP contribution in [0.4, 0.5) is 0 Å². The summed E-state index contributed by atoms with van der Waals surface area (Å²) >= 11 is 1.35. The second kappa shape index (κ2) is 10.4. The van der Waals surface area contributed by atoms with Gasteiger partial charge in [0, 0.05) is 17.7 Å². The van der Waals surface area contributed by atoms with E-state index in [0.29, 0.717) is 5.56 Å². The average molecular weight is 475 g/mol. The van der Waals surface area contributed by atoms with Crippen molar-refractivity contribution >= 4 is 35.5 Å². The number of phenolic OH excluding ortho intramolecular Hbond substituents is 1. The number of thioether (sulfide) groups is 1. The number of benzene rings is 1. The Bertz CT molecular complexity index is 895. The summed E-state index contributed by atoms with van der Waals surface area (Å²) in [5.74, 6) is -1.73. The number of carbonyl (C=O) groups excluding carboxylic acids is 3. The molecular weight excluding hydrogens is 447 g/mol. The molecule has 1 aromatic carbocycles. The fraction of sp³-hybridized carbons (Fsp3) is 0.500. The summed E-state index contributed by atoms with van der Waals surface area (Å²) in [6.07, 6.45) is 1.76. The van der Waals surface area contributed by atoms with Crippen LogP contribution >= 0.6 is 11.8 Å². The van der Waals surface area contributed by atoms with Gasteiger partial charge in [-0.25, -0.2) is 4.79 Å². The number of aromatic hydroxyl groups is 1. The number of carbonyl (C=O) groups is 4. The number of fused-ring (bicyclic) bond motifs is 1. The van der Waals surface area contributed by atoms with Gasteiger partial charge in [0.15, 0.2) is 0 Å². The number of β-lactam (4-membered cyclic amide) rings is 1. The number of nitrogens with two attached hydrogens (primary N) is 1. The predicted molar refractivity (Wildman–Crippen MR) is 114 cm³/mol. The molecule has 0 aromatic heterocycles. The van der Waals surface area contributed by atoms with Gasteiger partial charge in [-0.05, 0) is 38.0 Å². The van der Waals surface area contributed by atoms with Crippen molar-refractivity contribution in [2.24, 2.45) is 5.73 Å². The summed E-state index contributed by atoms with van der Waals surface area (Å²) in [6.45, 7) is 4.42. The van der Waals surface area contributed by atoms with Gasteiger partial charge in [0.2, 0.25) is 17.7 Å². The van der Waals surface area contributed by atoms with Crippen molar-refractivity contribution in [3.05, 3.63) is 29.8 Å². The van der Waals surface area contributed by atoms with E-state index in [1.54, 1.807) is 13.8 Å². The molecule has 0 spiro atoms. The van der Waals surface area contributed by atoms with Crippen LogP contribution in [0.15, 0.2) is 24.3 Å². The molecule has 6 N–H and O–H groups in total. The van der Waals surface area contributed by atoms with E-state index in [-0.39, 0.29) is 42.6 Å². The van der Waals surface area contributed by atoms with E-state index in [1.807, 2.05) is 0 Å². The van der Waals surface area contributed by atoms with E-state index >= 15 is 0 Å². The molecular formula is C20H27N4NaO6S. The Morgan fingerprint density at radius 2 is 1.94 bits per heavy atom. The van der Waals surface area contributed by atoms with Crippen molar-refractivity contribution in [3.8, 4) is 5.75 Å². The number of nitrogens with zero attached hydrogens (tertiary/aromatic N) is 1. The first-order valence-electron chi connectivity index (χ1n) is 9.87. The number of hydrogen-bond acceptors (Lipinski definition) is 7. The molecule has 0 bridgehead atoms. The molecule has 0 unspecified atom stereocenters. The standard InChI is InChI=1S/C16H19N3O5S.C4H7NO.Na.H/c1-16(2)11(15(23)24)19-13(22)10(14(19)25-16)18-12(21)9(17)7-3-5-8(20)6-4-7;6-4-2-1-3-5-4;;/h3-6,9-11,14,20H,17H2,1-2H3,(H,18,21)(H,23,24);1-3H2,(H,5,6);;/q;;+1;-1/t9-,10-,11+,14-;;;/m1.../s1. The zero-order valence-corrected chi connectivity index (χ0v) is 21.0. The van der Waals surface area contributed by atoms with Crippen LogP contribution in [-0.2, 0) is 19.2 Å². The van der Waals surface area contributed by atoms with E-state index < -0.39 is 46.0 Å². The van der Waals surface area contributed by atoms with Gasteiger partial charge < -0.3 is 32.9 Å². The molecule has 3 amide bonds. The third-order valence-electron chi connectivity index (χ3n) is 5.41. The minimum Gasteiger partial charge on any atom is -1.00 e. The van der Waals surface area contributed by atoms with Crippen LogP contribution in [0, 0.1) is 0 Å². The van der Waals surface area contributed by atoms with E-state index in [1.165, 1.54) is 40.9 Å². The van der Waals surface area contributed by atoms with Crippen molar-refractivity contribution < 1.29 is 60.4 Å². The van der Waals surface area contributed by atoms with Gasteiger partial charge in [-0.3, -0.25) is 14.4 Å². The van der Waals surface area contributed by atoms with E-state index in [2.05, 4.69) is 10.6 Å². The molecule has 1 aromatic rings. The van der Waals surface area contributed by atoms with Crippen molar-refractivity contribution in [2.45, 2.75) is 54.9 Å². The second-order valence-corrected chi connectivity index (χ2v) is 9.88. The summed E-state index contributed by atoms with van der Waals surface area (Å²) in [5, 5.41) is 23.5. The average Bonchev–Trinajstić information content (AvgIpc) is 3.28. The van der Waals surface area contributed by atoms with Crippen LogP contribution in [0.1, 0.15) is 39.7 Å². The zero-order valence-electron chi connectivity index (χ0n) is 19.2. The minimum atomic E-state index is -1.06. The first-order valence-corrected chi connectivity index (χ1v) is 10.8. The molecule has 3 fully saturated rings. The molecule has 12 heteroatoms. The Hall–Kier alpha value is -1.79. The van der Waals surface area contributed by atoms with Gasteiger partial charge in [0.1, 0.15) is 29.2 Å². The van der Waals surface area contributed by atoms with E-state index in [4.69, 9.17) is 5.73 Å². The maximum absolute atomic E-state index is 12.3. The molecule has 4 rings (SSSR count). The van der Waals surface area contributed by atoms with Crippen LogP contribution in [0.25, 0.3) is 0 Å². The summed E-state index contributed by atoms with van der Waals surface area (Å²) in [4.78, 5) is 47.6. The summed E-state index contributed by atoms with van der Waals surface area (Å²) in [5.41, 5.74) is 6.41. The van der Waals surface area contributed by atoms with Crippen LogP contribution < -0.4 is 45.9 Å². The van der Waals surface area contributed by atoms with Gasteiger partial charge in [-0.2, -0.15) is 0 Å². The topological polar surface area (TPSA) is 162 Å². The molecule has 4 atom stereocenters. The van der Waals surface area contributed by atoms with Crippen molar-refractivity contribution in [1.82, 2.24) is 15.5 Å². The maximum Gasteiger partial charge on any atom is 1.00 e. The van der Waals surface area contributed by atoms with Crippen LogP contribution in [0.2, 0.25) is 0 Å². The van der Waals surface area contributed by atoms with Crippen LogP contribution in [0.5, 0.6) is 5.75 Å². The van der Waals surface area contributed by atoms with Gasteiger partial charge in [0.05, 0.1) is 0 Å². The smallest absolute Gasteiger partial charge is 1.00 e. The summed E-state index contributed by atoms with van der Waals surface area (Å²) in [7, 11) is 0. The molecule has 3 heterocycles. The normalized spacial score (nSPS) is 25.8. The Morgan fingerprint density at radius 1 is 1.31 bits per heavy atom. The molecule has 10 nitrogen and oxygen atoms in total. The minimum absolute atomic E-state index is 0. The number of carboxylic acids is 1. The van der Waals surface area contributed by atoms with Crippen molar-refractivity contribution in [2.75, 3.05) is 6.54 Å². The van der Waals surface area contributed by atoms with Crippen molar-refractivity contribution in [3.63, 3.8) is 0 Å². The van der Waals surface area contributed by atoms with E-state index in [0.717, 1.165) is 19.4 Å². The third kappa shape index (κ3) is 5.40. The molecule has 170 valence electrons. The molecule has 3 saturated heterocycles. The number of phenols is 1. The van der Waals surface area contributed by atoms with Gasteiger partial charge in [0.25, 0.3) is 0 Å². The first-order chi connectivity index (χ1) is 14.5. The number of amides is 3. The third-order valence-corrected chi connectivity index (χ3v) is 6.98. The molecule has 0 radical (unpaired) electrons. The summed E-state index contributed by atoms with van der Waals surface area (Å²) in [6, 6.07) is 3.21. The van der Waals surface area contributed by atoms with Crippen molar-refractivity contribution in [1.29, 1.82) is 0 Å². The molecule has 3 aliphatic rings. The molecule has 3 aliphatic heterocycles. The van der Waals surface area contributed by atoms with Gasteiger partial charge in [-0.15, -0.1) is 11.8 Å². The largest absolute Gasteiger partial charge is 1.00 e. The number of rotatable bonds is 4. The summed E-state index contributed by atoms with van der Waals surface area (Å²) < 4.78 is -0.648. The fourth-order valence-electron chi connectivity index (χ4n) is 3.79. The second-order valence-electron chi connectivity index (χ2n) is 8.11. The first kappa shape index (κ1) is 26.5. The Morgan fingerprint density at radius 3 is 2.41 bits per heavy atom. The quantitative estimate of drug-likeness (QED) is 0.228. The zero-order chi connectivity index (χ0) is 22.9. The number of aliphatic carboxylic acids is 1. The van der Waals surface area contributed by atoms with E-state index in [9.17, 15) is 29.4 Å². The predicted octanol–water partition coefficient (Wildman–Crippen LogP) is -2.96. The molecule has 0 saturated carbocycles. The monoisotopic (exact) mass is 474 g/mol. The van der Waals surface area contributed by atoms with Gasteiger partial charge in [-0.1, -0.05) is 12.1 Å².